The lowest BCUT2D eigenvalue weighted by molar-refractivity contribution is 0.100. The molecule has 3 heteroatoms. The number of hydrogen-bond donors (Lipinski definition) is 1. The van der Waals surface area contributed by atoms with Gasteiger partial charge in [-0.05, 0) is 45.4 Å². The van der Waals surface area contributed by atoms with Gasteiger partial charge in [-0.15, -0.1) is 0 Å². The zero-order valence-corrected chi connectivity index (χ0v) is 10.3. The number of aromatic nitrogens is 1. The summed E-state index contributed by atoms with van der Waals surface area (Å²) in [7, 11) is 2.00. The molecule has 1 N–H and O–H groups in total. The average molecular weight is 222 g/mol. The van der Waals surface area contributed by atoms with Crippen molar-refractivity contribution in [2.75, 3.05) is 13.7 Å². The van der Waals surface area contributed by atoms with E-state index in [1.165, 1.54) is 18.5 Å². The summed E-state index contributed by atoms with van der Waals surface area (Å²) in [5.41, 5.74) is 1.36. The van der Waals surface area contributed by atoms with Crippen molar-refractivity contribution >= 4 is 0 Å². The summed E-state index contributed by atoms with van der Waals surface area (Å²) in [6.07, 6.45) is 6.25. The van der Waals surface area contributed by atoms with E-state index in [0.717, 1.165) is 19.6 Å². The molecule has 1 aromatic heterocycles. The standard InChI is InChI=1S/C13H22N2O/c1-11(14-2)13-6-3-8-15(13)9-7-12-5-4-10-16-12/h3,6,8,11-12,14H,4-5,7,9-10H2,1-2H3. The number of nitrogens with one attached hydrogen (secondary N) is 1. The summed E-state index contributed by atoms with van der Waals surface area (Å²) in [4.78, 5) is 0. The Labute approximate surface area is 97.8 Å². The van der Waals surface area contributed by atoms with Crippen molar-refractivity contribution < 1.29 is 4.74 Å². The molecule has 2 rings (SSSR count). The van der Waals surface area contributed by atoms with Crippen LogP contribution in [0.15, 0.2) is 18.3 Å². The van der Waals surface area contributed by atoms with E-state index in [1.807, 2.05) is 7.05 Å². The molecule has 2 heterocycles. The van der Waals surface area contributed by atoms with Crippen molar-refractivity contribution in [1.29, 1.82) is 0 Å². The fourth-order valence-electron chi connectivity index (χ4n) is 2.33. The van der Waals surface area contributed by atoms with E-state index in [0.29, 0.717) is 12.1 Å². The van der Waals surface area contributed by atoms with Crippen LogP contribution in [0.2, 0.25) is 0 Å². The van der Waals surface area contributed by atoms with Crippen LogP contribution in [0, 0.1) is 0 Å². The molecule has 0 amide bonds. The van der Waals surface area contributed by atoms with Gasteiger partial charge in [0.2, 0.25) is 0 Å². The molecule has 2 unspecified atom stereocenters. The third-order valence-electron chi connectivity index (χ3n) is 3.46. The Morgan fingerprint density at radius 2 is 2.50 bits per heavy atom. The average Bonchev–Trinajstić information content (AvgIpc) is 2.96. The third kappa shape index (κ3) is 2.66. The first kappa shape index (κ1) is 11.7. The molecular weight excluding hydrogens is 200 g/mol. The highest BCUT2D eigenvalue weighted by Crippen LogP contribution is 2.18. The Hall–Kier alpha value is -0.800. The molecular formula is C13H22N2O. The maximum Gasteiger partial charge on any atom is 0.0593 e. The Morgan fingerprint density at radius 3 is 3.19 bits per heavy atom. The minimum atomic E-state index is 0.416. The van der Waals surface area contributed by atoms with Gasteiger partial charge in [-0.1, -0.05) is 0 Å². The molecule has 3 nitrogen and oxygen atoms in total. The minimum Gasteiger partial charge on any atom is -0.378 e. The van der Waals surface area contributed by atoms with Gasteiger partial charge in [-0.3, -0.25) is 0 Å². The van der Waals surface area contributed by atoms with Crippen LogP contribution in [0.25, 0.3) is 0 Å². The van der Waals surface area contributed by atoms with Crippen LogP contribution in [0.3, 0.4) is 0 Å². The van der Waals surface area contributed by atoms with Gasteiger partial charge in [0, 0.05) is 31.1 Å². The predicted molar refractivity (Wildman–Crippen MR) is 65.5 cm³/mol. The monoisotopic (exact) mass is 222 g/mol. The van der Waals surface area contributed by atoms with Crippen molar-refractivity contribution in [3.63, 3.8) is 0 Å². The highest BCUT2D eigenvalue weighted by atomic mass is 16.5. The first-order valence-corrected chi connectivity index (χ1v) is 6.25. The largest absolute Gasteiger partial charge is 0.378 e. The second-order valence-corrected chi connectivity index (χ2v) is 4.56. The smallest absolute Gasteiger partial charge is 0.0593 e. The topological polar surface area (TPSA) is 26.2 Å². The van der Waals surface area contributed by atoms with Gasteiger partial charge in [-0.25, -0.2) is 0 Å². The highest BCUT2D eigenvalue weighted by molar-refractivity contribution is 5.11. The van der Waals surface area contributed by atoms with Gasteiger partial charge in [0.1, 0.15) is 0 Å². The molecule has 16 heavy (non-hydrogen) atoms. The minimum absolute atomic E-state index is 0.416. The van der Waals surface area contributed by atoms with Gasteiger partial charge in [0.25, 0.3) is 0 Å². The molecule has 1 fully saturated rings. The second-order valence-electron chi connectivity index (χ2n) is 4.56. The Bertz CT molecular complexity index is 315. The van der Waals surface area contributed by atoms with Crippen molar-refractivity contribution in [2.24, 2.45) is 0 Å². The molecule has 0 saturated carbocycles. The van der Waals surface area contributed by atoms with E-state index in [9.17, 15) is 0 Å². The molecule has 1 saturated heterocycles. The molecule has 90 valence electrons. The van der Waals surface area contributed by atoms with Crippen LogP contribution in [-0.2, 0) is 11.3 Å². The summed E-state index contributed by atoms with van der Waals surface area (Å²) in [5, 5.41) is 3.28. The van der Waals surface area contributed by atoms with Crippen molar-refractivity contribution in [1.82, 2.24) is 9.88 Å². The summed E-state index contributed by atoms with van der Waals surface area (Å²) in [6, 6.07) is 4.73. The Balaban J connectivity index is 1.90. The predicted octanol–water partition coefficient (Wildman–Crippen LogP) is 2.34. The fourth-order valence-corrected chi connectivity index (χ4v) is 2.33. The molecule has 0 aliphatic carbocycles. The van der Waals surface area contributed by atoms with Crippen LogP contribution >= 0.6 is 0 Å². The molecule has 0 radical (unpaired) electrons. The number of nitrogens with zero attached hydrogens (tertiary/aromatic N) is 1. The van der Waals surface area contributed by atoms with Gasteiger partial charge < -0.3 is 14.6 Å². The van der Waals surface area contributed by atoms with Crippen molar-refractivity contribution in [2.45, 2.75) is 44.9 Å². The highest BCUT2D eigenvalue weighted by Gasteiger charge is 2.16. The molecule has 2 atom stereocenters. The molecule has 0 bridgehead atoms. The van der Waals surface area contributed by atoms with E-state index >= 15 is 0 Å². The zero-order valence-electron chi connectivity index (χ0n) is 10.3. The summed E-state index contributed by atoms with van der Waals surface area (Å²) >= 11 is 0. The van der Waals surface area contributed by atoms with Crippen LogP contribution in [0.5, 0.6) is 0 Å². The van der Waals surface area contributed by atoms with Gasteiger partial charge in [0.15, 0.2) is 0 Å². The van der Waals surface area contributed by atoms with E-state index in [2.05, 4.69) is 35.1 Å². The first-order chi connectivity index (χ1) is 7.81. The van der Waals surface area contributed by atoms with Gasteiger partial charge >= 0.3 is 0 Å². The SMILES string of the molecule is CNC(C)c1cccn1CCC1CCCO1. The number of rotatable bonds is 5. The Morgan fingerprint density at radius 1 is 1.62 bits per heavy atom. The van der Waals surface area contributed by atoms with Crippen LogP contribution in [0.1, 0.15) is 37.9 Å². The fraction of sp³-hybridized carbons (Fsp3) is 0.692. The first-order valence-electron chi connectivity index (χ1n) is 6.25. The molecule has 1 aromatic rings. The normalized spacial score (nSPS) is 22.5. The van der Waals surface area contributed by atoms with Crippen molar-refractivity contribution in [3.05, 3.63) is 24.0 Å². The van der Waals surface area contributed by atoms with E-state index in [1.54, 1.807) is 0 Å². The van der Waals surface area contributed by atoms with E-state index in [-0.39, 0.29) is 0 Å². The maximum absolute atomic E-state index is 5.65. The number of aryl methyl sites for hydroxylation is 1. The molecule has 0 spiro atoms. The number of hydrogen-bond acceptors (Lipinski definition) is 2. The van der Waals surface area contributed by atoms with Gasteiger partial charge in [-0.2, -0.15) is 0 Å². The summed E-state index contributed by atoms with van der Waals surface area (Å²) in [6.45, 7) is 4.22. The molecule has 1 aliphatic rings. The Kier molecular flexibility index (Phi) is 4.02. The van der Waals surface area contributed by atoms with E-state index < -0.39 is 0 Å². The summed E-state index contributed by atoms with van der Waals surface area (Å²) < 4.78 is 7.99. The quantitative estimate of drug-likeness (QED) is 0.827. The zero-order chi connectivity index (χ0) is 11.4. The lowest BCUT2D eigenvalue weighted by Crippen LogP contribution is -2.18. The third-order valence-corrected chi connectivity index (χ3v) is 3.46. The summed E-state index contributed by atoms with van der Waals surface area (Å²) in [5.74, 6) is 0. The molecule has 0 aromatic carbocycles. The van der Waals surface area contributed by atoms with Crippen LogP contribution < -0.4 is 5.32 Å². The van der Waals surface area contributed by atoms with Crippen LogP contribution in [0.4, 0.5) is 0 Å². The van der Waals surface area contributed by atoms with Gasteiger partial charge in [0.05, 0.1) is 6.10 Å². The lowest BCUT2D eigenvalue weighted by Gasteiger charge is -2.16. The maximum atomic E-state index is 5.65. The molecule has 1 aliphatic heterocycles. The van der Waals surface area contributed by atoms with Crippen molar-refractivity contribution in [3.8, 4) is 0 Å². The second kappa shape index (κ2) is 5.51. The van der Waals surface area contributed by atoms with E-state index in [4.69, 9.17) is 4.74 Å². The lowest BCUT2D eigenvalue weighted by atomic mass is 10.2. The number of ether oxygens (including phenoxy) is 1. The van der Waals surface area contributed by atoms with Crippen LogP contribution in [-0.4, -0.2) is 24.3 Å².